The van der Waals surface area contributed by atoms with Gasteiger partial charge in [-0.05, 0) is 6.07 Å². The van der Waals surface area contributed by atoms with Gasteiger partial charge in [-0.3, -0.25) is 14.0 Å². The Balaban J connectivity index is 1.55. The van der Waals surface area contributed by atoms with Gasteiger partial charge in [-0.2, -0.15) is 5.10 Å². The first-order valence-electron chi connectivity index (χ1n) is 9.25. The van der Waals surface area contributed by atoms with Crippen LogP contribution in [0.3, 0.4) is 0 Å². The molecule has 5 heterocycles. The van der Waals surface area contributed by atoms with Gasteiger partial charge >= 0.3 is 11.9 Å². The van der Waals surface area contributed by atoms with Crippen LogP contribution in [0.25, 0.3) is 16.2 Å². The standard InChI is InChI=1S/C19H13FN6O5S/c20-13-3-11-14(27)12(18(30)31)8-25(19-21-1-2-32-19)15(11)23-16(13)24-6-10(7-24)26-5-9(4-22-26)17(28)29/h1-5,8,10H,6-7H2,(H,28,29)(H,30,31). The van der Waals surface area contributed by atoms with Gasteiger partial charge in [0, 0.05) is 37.1 Å². The van der Waals surface area contributed by atoms with Crippen LogP contribution in [0.2, 0.25) is 0 Å². The molecular weight excluding hydrogens is 443 g/mol. The first kappa shape index (κ1) is 19.8. The molecule has 0 bridgehead atoms. The van der Waals surface area contributed by atoms with E-state index >= 15 is 0 Å². The molecule has 1 saturated heterocycles. The van der Waals surface area contributed by atoms with Crippen LogP contribution < -0.4 is 10.3 Å². The lowest BCUT2D eigenvalue weighted by molar-refractivity contribution is 0.0685. The minimum Gasteiger partial charge on any atom is -0.478 e. The Labute approximate surface area is 181 Å². The highest BCUT2D eigenvalue weighted by Crippen LogP contribution is 2.30. The number of aromatic nitrogens is 5. The molecule has 5 rings (SSSR count). The fourth-order valence-corrected chi connectivity index (χ4v) is 4.13. The van der Waals surface area contributed by atoms with Crippen molar-refractivity contribution in [2.24, 2.45) is 0 Å². The van der Waals surface area contributed by atoms with E-state index in [2.05, 4.69) is 15.1 Å². The highest BCUT2D eigenvalue weighted by molar-refractivity contribution is 7.12. The van der Waals surface area contributed by atoms with E-state index in [4.69, 9.17) is 5.11 Å². The lowest BCUT2D eigenvalue weighted by Gasteiger charge is -2.40. The van der Waals surface area contributed by atoms with Gasteiger partial charge in [-0.15, -0.1) is 11.3 Å². The summed E-state index contributed by atoms with van der Waals surface area (Å²) in [6.07, 6.45) is 5.30. The van der Waals surface area contributed by atoms with E-state index in [9.17, 15) is 23.9 Å². The second kappa shape index (κ2) is 7.23. The molecule has 4 aromatic heterocycles. The average molecular weight is 456 g/mol. The van der Waals surface area contributed by atoms with Crippen molar-refractivity contribution >= 4 is 40.1 Å². The third-order valence-corrected chi connectivity index (χ3v) is 5.92. The van der Waals surface area contributed by atoms with Gasteiger partial charge < -0.3 is 15.1 Å². The second-order valence-corrected chi connectivity index (χ2v) is 7.97. The maximum Gasteiger partial charge on any atom is 0.341 e. The zero-order chi connectivity index (χ0) is 22.6. The minimum atomic E-state index is -1.43. The number of anilines is 1. The molecule has 1 fully saturated rings. The Morgan fingerprint density at radius 2 is 1.97 bits per heavy atom. The van der Waals surface area contributed by atoms with Crippen molar-refractivity contribution in [3.8, 4) is 5.13 Å². The van der Waals surface area contributed by atoms with Crippen LogP contribution in [0.5, 0.6) is 0 Å². The first-order chi connectivity index (χ1) is 15.3. The van der Waals surface area contributed by atoms with E-state index in [1.54, 1.807) is 10.3 Å². The van der Waals surface area contributed by atoms with E-state index in [-0.39, 0.29) is 28.5 Å². The average Bonchev–Trinajstić information content (AvgIpc) is 3.40. The molecule has 0 atom stereocenters. The number of carboxylic acids is 2. The summed E-state index contributed by atoms with van der Waals surface area (Å²) in [5.74, 6) is -3.30. The Morgan fingerprint density at radius 3 is 2.59 bits per heavy atom. The van der Waals surface area contributed by atoms with Gasteiger partial charge in [0.1, 0.15) is 5.56 Å². The number of thiazole rings is 1. The van der Waals surface area contributed by atoms with E-state index in [0.29, 0.717) is 18.2 Å². The summed E-state index contributed by atoms with van der Waals surface area (Å²) >= 11 is 1.21. The van der Waals surface area contributed by atoms with Crippen molar-refractivity contribution in [1.82, 2.24) is 24.3 Å². The molecule has 0 spiro atoms. The number of hydrogen-bond donors (Lipinski definition) is 2. The summed E-state index contributed by atoms with van der Waals surface area (Å²) < 4.78 is 17.8. The van der Waals surface area contributed by atoms with Gasteiger partial charge in [-0.1, -0.05) is 0 Å². The summed E-state index contributed by atoms with van der Waals surface area (Å²) in [6.45, 7) is 0.649. The fourth-order valence-electron chi connectivity index (χ4n) is 3.51. The second-order valence-electron chi connectivity index (χ2n) is 7.10. The summed E-state index contributed by atoms with van der Waals surface area (Å²) in [4.78, 5) is 45.3. The molecular formula is C19H13FN6O5S. The van der Waals surface area contributed by atoms with Crippen LogP contribution in [0.15, 0.2) is 41.0 Å². The van der Waals surface area contributed by atoms with Gasteiger partial charge in [0.2, 0.25) is 5.43 Å². The van der Waals surface area contributed by atoms with Crippen LogP contribution in [0.1, 0.15) is 26.8 Å². The zero-order valence-corrected chi connectivity index (χ0v) is 16.9. The van der Waals surface area contributed by atoms with Crippen LogP contribution in [0, 0.1) is 5.82 Å². The number of halogens is 1. The Kier molecular flexibility index (Phi) is 4.48. The van der Waals surface area contributed by atoms with E-state index in [1.165, 1.54) is 39.2 Å². The molecule has 0 radical (unpaired) electrons. The van der Waals surface area contributed by atoms with Crippen LogP contribution >= 0.6 is 11.3 Å². The number of carbonyl (C=O) groups is 2. The number of aromatic carboxylic acids is 2. The van der Waals surface area contributed by atoms with Crippen LogP contribution in [0.4, 0.5) is 10.2 Å². The van der Waals surface area contributed by atoms with Crippen molar-refractivity contribution in [3.05, 3.63) is 63.4 Å². The van der Waals surface area contributed by atoms with Crippen molar-refractivity contribution < 1.29 is 24.2 Å². The molecule has 0 amide bonds. The van der Waals surface area contributed by atoms with E-state index in [0.717, 1.165) is 12.3 Å². The number of pyridine rings is 2. The fraction of sp³-hybridized carbons (Fsp3) is 0.158. The highest BCUT2D eigenvalue weighted by atomic mass is 32.1. The maximum atomic E-state index is 14.9. The third kappa shape index (κ3) is 3.10. The number of nitrogens with zero attached hydrogens (tertiary/aromatic N) is 6. The number of fused-ring (bicyclic) bond motifs is 1. The molecule has 0 aliphatic carbocycles. The van der Waals surface area contributed by atoms with Gasteiger partial charge in [0.15, 0.2) is 22.4 Å². The molecule has 0 unspecified atom stereocenters. The number of rotatable bonds is 5. The lowest BCUT2D eigenvalue weighted by atomic mass is 10.1. The summed E-state index contributed by atoms with van der Waals surface area (Å²) in [7, 11) is 0. The van der Waals surface area contributed by atoms with E-state index in [1.807, 2.05) is 0 Å². The Hall–Kier alpha value is -4.13. The van der Waals surface area contributed by atoms with Crippen molar-refractivity contribution in [3.63, 3.8) is 0 Å². The maximum absolute atomic E-state index is 14.9. The minimum absolute atomic E-state index is 0.00727. The molecule has 4 aromatic rings. The topological polar surface area (TPSA) is 143 Å². The van der Waals surface area contributed by atoms with Crippen LogP contribution in [-0.4, -0.2) is 59.6 Å². The van der Waals surface area contributed by atoms with Crippen molar-refractivity contribution in [2.45, 2.75) is 6.04 Å². The van der Waals surface area contributed by atoms with E-state index < -0.39 is 28.7 Å². The molecule has 11 nitrogen and oxygen atoms in total. The van der Waals surface area contributed by atoms with Gasteiger partial charge in [0.05, 0.1) is 23.2 Å². The smallest absolute Gasteiger partial charge is 0.341 e. The molecule has 1 aliphatic rings. The number of carboxylic acid groups (broad SMARTS) is 2. The zero-order valence-electron chi connectivity index (χ0n) is 16.0. The summed E-state index contributed by atoms with van der Waals surface area (Å²) in [5.41, 5.74) is -1.21. The number of hydrogen-bond acceptors (Lipinski definition) is 8. The third-order valence-electron chi connectivity index (χ3n) is 5.15. The normalized spacial score (nSPS) is 14.0. The molecule has 162 valence electrons. The molecule has 13 heteroatoms. The Bertz CT molecular complexity index is 1440. The monoisotopic (exact) mass is 456 g/mol. The lowest BCUT2D eigenvalue weighted by Crippen LogP contribution is -2.48. The molecule has 0 saturated carbocycles. The SMILES string of the molecule is O=C(O)c1cnn(C2CN(c3nc4c(cc3F)c(=O)c(C(=O)O)cn4-c3nccs3)C2)c1. The first-order valence-corrected chi connectivity index (χ1v) is 10.1. The molecule has 2 N–H and O–H groups in total. The van der Waals surface area contributed by atoms with Crippen LogP contribution in [-0.2, 0) is 0 Å². The largest absolute Gasteiger partial charge is 0.478 e. The van der Waals surface area contributed by atoms with Crippen molar-refractivity contribution in [2.75, 3.05) is 18.0 Å². The van der Waals surface area contributed by atoms with Crippen molar-refractivity contribution in [1.29, 1.82) is 0 Å². The Morgan fingerprint density at radius 1 is 1.19 bits per heavy atom. The summed E-state index contributed by atoms with van der Waals surface area (Å²) in [6, 6.07) is 0.816. The molecule has 1 aliphatic heterocycles. The van der Waals surface area contributed by atoms with Gasteiger partial charge in [-0.25, -0.2) is 23.9 Å². The quantitative estimate of drug-likeness (QED) is 0.458. The predicted molar refractivity (Wildman–Crippen MR) is 110 cm³/mol. The summed E-state index contributed by atoms with van der Waals surface area (Å²) in [5, 5.41) is 24.3. The highest BCUT2D eigenvalue weighted by Gasteiger charge is 2.33. The molecule has 0 aromatic carbocycles. The molecule has 32 heavy (non-hydrogen) atoms. The van der Waals surface area contributed by atoms with Gasteiger partial charge in [0.25, 0.3) is 0 Å². The predicted octanol–water partition coefficient (Wildman–Crippen LogP) is 1.64.